The third-order valence-electron chi connectivity index (χ3n) is 1.43. The average Bonchev–Trinajstić information content (AvgIpc) is 2.22. The van der Waals surface area contributed by atoms with Crippen molar-refractivity contribution >= 4 is 51.5 Å². The van der Waals surface area contributed by atoms with Crippen LogP contribution in [0.5, 0.6) is 0 Å². The zero-order chi connectivity index (χ0) is 11.7. The van der Waals surface area contributed by atoms with Crippen molar-refractivity contribution in [3.8, 4) is 0 Å². The van der Waals surface area contributed by atoms with Crippen LogP contribution in [-0.4, -0.2) is 68.9 Å². The second-order valence-corrected chi connectivity index (χ2v) is 4.12. The van der Waals surface area contributed by atoms with E-state index in [9.17, 15) is 9.36 Å². The van der Waals surface area contributed by atoms with E-state index in [1.807, 2.05) is 0 Å². The zero-order valence-electron chi connectivity index (χ0n) is 8.55. The average molecular weight is 280 g/mol. The summed E-state index contributed by atoms with van der Waals surface area (Å²) in [6.07, 6.45) is 2.12. The van der Waals surface area contributed by atoms with Gasteiger partial charge in [-0.25, -0.2) is 9.36 Å². The molecule has 1 N–H and O–H groups in total. The van der Waals surface area contributed by atoms with Gasteiger partial charge in [0.25, 0.3) is 0 Å². The predicted molar refractivity (Wildman–Crippen MR) is 61.7 cm³/mol. The molecule has 1 unspecified atom stereocenters. The van der Waals surface area contributed by atoms with Gasteiger partial charge in [0.15, 0.2) is 0 Å². The van der Waals surface area contributed by atoms with Crippen molar-refractivity contribution in [3.63, 3.8) is 0 Å². The minimum absolute atomic E-state index is 0. The fraction of sp³-hybridized carbons (Fsp3) is 0.625. The van der Waals surface area contributed by atoms with Crippen LogP contribution in [0, 0.1) is 0 Å². The Morgan fingerprint density at radius 2 is 2.00 bits per heavy atom. The van der Waals surface area contributed by atoms with Crippen molar-refractivity contribution in [1.29, 1.82) is 0 Å². The summed E-state index contributed by atoms with van der Waals surface area (Å²) in [7, 11) is -2.78. The van der Waals surface area contributed by atoms with Gasteiger partial charge in [-0.2, -0.15) is 0 Å². The second-order valence-electron chi connectivity index (χ2n) is 2.56. The number of rotatable bonds is 8. The second kappa shape index (κ2) is 10.7. The molecule has 0 saturated heterocycles. The maximum atomic E-state index is 10.8. The fourth-order valence-electron chi connectivity index (χ4n) is 0.668. The monoisotopic (exact) mass is 280 g/mol. The van der Waals surface area contributed by atoms with E-state index in [1.165, 1.54) is 0 Å². The molecule has 0 aliphatic carbocycles. The quantitative estimate of drug-likeness (QED) is 0.227. The number of ether oxygens (including phenoxy) is 1. The fourth-order valence-corrected chi connectivity index (χ4v) is 1.13. The number of unbranched alkanes of at least 4 members (excludes halogenated alkanes) is 1. The molecule has 92 valence electrons. The molecule has 0 aromatic rings. The molecule has 0 aromatic heterocycles. The van der Waals surface area contributed by atoms with E-state index in [2.05, 4.69) is 20.4 Å². The van der Waals surface area contributed by atoms with Crippen molar-refractivity contribution in [1.82, 2.24) is 0 Å². The van der Waals surface area contributed by atoms with E-state index in [0.717, 1.165) is 13.2 Å². The summed E-state index contributed by atoms with van der Waals surface area (Å²) in [5.74, 6) is -0.486. The van der Waals surface area contributed by atoms with Crippen LogP contribution < -0.4 is 0 Å². The molecule has 6 nitrogen and oxygen atoms in total. The van der Waals surface area contributed by atoms with Gasteiger partial charge in [0.05, 0.1) is 13.2 Å². The number of phosphoric ester groups is 1. The van der Waals surface area contributed by atoms with Crippen LogP contribution in [0.1, 0.15) is 12.8 Å². The summed E-state index contributed by atoms with van der Waals surface area (Å²) in [4.78, 5) is 19.4. The first-order chi connectivity index (χ1) is 7.02. The molecular weight excluding hydrogens is 263 g/mol. The van der Waals surface area contributed by atoms with E-state index in [0.29, 0.717) is 12.8 Å². The van der Waals surface area contributed by atoms with Gasteiger partial charge in [-0.3, -0.25) is 9.05 Å². The summed E-state index contributed by atoms with van der Waals surface area (Å²) in [5.41, 5.74) is 0. The van der Waals surface area contributed by atoms with Gasteiger partial charge in [-0.1, -0.05) is 6.58 Å². The van der Waals surface area contributed by atoms with Crippen LogP contribution in [0.25, 0.3) is 0 Å². The third kappa shape index (κ3) is 11.1. The van der Waals surface area contributed by atoms with E-state index >= 15 is 0 Å². The van der Waals surface area contributed by atoms with E-state index in [1.54, 1.807) is 0 Å². The Morgan fingerprint density at radius 3 is 2.50 bits per heavy atom. The van der Waals surface area contributed by atoms with Crippen LogP contribution in [-0.2, 0) is 23.1 Å². The first kappa shape index (κ1) is 18.9. The molecule has 0 rings (SSSR count). The summed E-state index contributed by atoms with van der Waals surface area (Å²) < 4.78 is 24.2. The van der Waals surface area contributed by atoms with Crippen LogP contribution in [0.3, 0.4) is 0 Å². The number of hydrogen-bond donors (Lipinski definition) is 1. The first-order valence-corrected chi connectivity index (χ1v) is 5.83. The topological polar surface area (TPSA) is 82.1 Å². The molecular formula is C8H17CaO6P. The van der Waals surface area contributed by atoms with Gasteiger partial charge >= 0.3 is 51.5 Å². The number of carbonyl (C=O) groups excluding carboxylic acids is 1. The van der Waals surface area contributed by atoms with Crippen molar-refractivity contribution in [2.45, 2.75) is 12.8 Å². The maximum absolute atomic E-state index is 10.8. The number of hydrogen-bond acceptors (Lipinski definition) is 5. The van der Waals surface area contributed by atoms with Gasteiger partial charge in [0, 0.05) is 13.2 Å². The predicted octanol–water partition coefficient (Wildman–Crippen LogP) is 0.343. The van der Waals surface area contributed by atoms with E-state index in [-0.39, 0.29) is 51.0 Å². The van der Waals surface area contributed by atoms with Gasteiger partial charge in [0.1, 0.15) is 0 Å². The standard InChI is InChI=1S/C8H15O6P.Ca.2H/c1-3-8(9)13-6-4-5-7-14-15(10,11)12-2;;;/h3H,1,4-7H2,2H3,(H,10,11);;;. The van der Waals surface area contributed by atoms with Crippen LogP contribution in [0.2, 0.25) is 0 Å². The normalized spacial score (nSPS) is 13.4. The Bertz CT molecular complexity index is 257. The Hall–Kier alpha value is 0.580. The molecule has 16 heavy (non-hydrogen) atoms. The van der Waals surface area contributed by atoms with Gasteiger partial charge in [-0.05, 0) is 12.8 Å². The molecule has 1 atom stereocenters. The molecule has 0 aromatic carbocycles. The molecule has 0 aliphatic rings. The van der Waals surface area contributed by atoms with Crippen LogP contribution >= 0.6 is 7.82 Å². The van der Waals surface area contributed by atoms with Crippen LogP contribution in [0.4, 0.5) is 0 Å². The summed E-state index contributed by atoms with van der Waals surface area (Å²) in [6, 6.07) is 0. The molecule has 0 heterocycles. The molecule has 8 heteroatoms. The van der Waals surface area contributed by atoms with Crippen molar-refractivity contribution in [2.24, 2.45) is 0 Å². The van der Waals surface area contributed by atoms with Crippen molar-refractivity contribution < 1.29 is 28.0 Å². The number of carbonyl (C=O) groups is 1. The SMILES string of the molecule is C=CC(=O)OCCCCOP(=O)(O)OC.[CaH2]. The van der Waals surface area contributed by atoms with Crippen molar-refractivity contribution in [3.05, 3.63) is 12.7 Å². The van der Waals surface area contributed by atoms with Gasteiger partial charge < -0.3 is 9.63 Å². The number of phosphoric acid groups is 1. The van der Waals surface area contributed by atoms with Crippen molar-refractivity contribution in [2.75, 3.05) is 20.3 Å². The summed E-state index contributed by atoms with van der Waals surface area (Å²) >= 11 is 0. The Morgan fingerprint density at radius 1 is 1.44 bits per heavy atom. The summed E-state index contributed by atoms with van der Waals surface area (Å²) in [5, 5.41) is 0. The number of esters is 1. The van der Waals surface area contributed by atoms with Gasteiger partial charge in [-0.15, -0.1) is 0 Å². The molecule has 0 aliphatic heterocycles. The molecule has 0 spiro atoms. The molecule has 0 amide bonds. The Balaban J connectivity index is 0. The van der Waals surface area contributed by atoms with E-state index in [4.69, 9.17) is 4.89 Å². The summed E-state index contributed by atoms with van der Waals surface area (Å²) in [6.45, 7) is 3.54. The Kier molecular flexibility index (Phi) is 12.7. The third-order valence-corrected chi connectivity index (χ3v) is 2.41. The van der Waals surface area contributed by atoms with E-state index < -0.39 is 13.8 Å². The molecule has 0 saturated carbocycles. The molecule has 0 radical (unpaired) electrons. The first-order valence-electron chi connectivity index (χ1n) is 4.34. The van der Waals surface area contributed by atoms with Gasteiger partial charge in [0.2, 0.25) is 0 Å². The zero-order valence-corrected chi connectivity index (χ0v) is 9.44. The minimum atomic E-state index is -3.87. The van der Waals surface area contributed by atoms with Crippen LogP contribution in [0.15, 0.2) is 12.7 Å². The Labute approximate surface area is 125 Å². The molecule has 0 fully saturated rings. The molecule has 0 bridgehead atoms.